The van der Waals surface area contributed by atoms with Crippen LogP contribution in [-0.4, -0.2) is 10.9 Å². The molecule has 8 heteroatoms. The minimum atomic E-state index is -0.468. The maximum Gasteiger partial charge on any atom is 0.308 e. The number of hydrogen-bond donors (Lipinski definition) is 1. The molecule has 0 bridgehead atoms. The van der Waals surface area contributed by atoms with Gasteiger partial charge < -0.3 is 14.8 Å². The van der Waals surface area contributed by atoms with Gasteiger partial charge in [0.25, 0.3) is 5.69 Å². The second kappa shape index (κ2) is 9.28. The molecule has 0 aliphatic carbocycles. The first-order chi connectivity index (χ1) is 14.3. The second-order valence-electron chi connectivity index (χ2n) is 6.49. The molecule has 0 heterocycles. The van der Waals surface area contributed by atoms with Crippen molar-refractivity contribution in [1.82, 2.24) is 0 Å². The van der Waals surface area contributed by atoms with Crippen LogP contribution < -0.4 is 14.8 Å². The summed E-state index contributed by atoms with van der Waals surface area (Å²) in [5, 5.41) is 14.6. The van der Waals surface area contributed by atoms with Crippen LogP contribution in [0.1, 0.15) is 18.1 Å². The topological polar surface area (TPSA) is 90.7 Å². The predicted octanol–water partition coefficient (Wildman–Crippen LogP) is 5.89. The smallest absolute Gasteiger partial charge is 0.308 e. The average molecular weight is 427 g/mol. The maximum absolute atomic E-state index is 11.1. The van der Waals surface area contributed by atoms with E-state index in [1.165, 1.54) is 13.0 Å². The van der Waals surface area contributed by atoms with Gasteiger partial charge in [0.15, 0.2) is 5.75 Å². The van der Waals surface area contributed by atoms with Crippen molar-refractivity contribution in [2.45, 2.75) is 20.4 Å². The fraction of sp³-hybridized carbons (Fsp3) is 0.136. The zero-order valence-electron chi connectivity index (χ0n) is 16.3. The molecule has 0 saturated carbocycles. The van der Waals surface area contributed by atoms with Crippen LogP contribution in [0.3, 0.4) is 0 Å². The summed E-state index contributed by atoms with van der Waals surface area (Å²) in [5.41, 5.74) is 2.36. The van der Waals surface area contributed by atoms with Gasteiger partial charge in [0, 0.05) is 36.9 Å². The molecular formula is C22H19ClN2O5. The maximum atomic E-state index is 11.1. The number of nitro benzene ring substituents is 1. The van der Waals surface area contributed by atoms with E-state index in [0.29, 0.717) is 34.3 Å². The van der Waals surface area contributed by atoms with Crippen LogP contribution in [0.2, 0.25) is 5.02 Å². The molecular weight excluding hydrogens is 408 g/mol. The molecule has 0 aliphatic rings. The first kappa shape index (κ1) is 21.1. The van der Waals surface area contributed by atoms with E-state index in [9.17, 15) is 14.9 Å². The zero-order valence-corrected chi connectivity index (χ0v) is 17.1. The molecule has 154 valence electrons. The van der Waals surface area contributed by atoms with Crippen LogP contribution in [0.25, 0.3) is 0 Å². The van der Waals surface area contributed by atoms with Gasteiger partial charge in [-0.3, -0.25) is 14.9 Å². The molecule has 7 nitrogen and oxygen atoms in total. The van der Waals surface area contributed by atoms with E-state index in [-0.39, 0.29) is 11.4 Å². The molecule has 0 radical (unpaired) electrons. The van der Waals surface area contributed by atoms with Crippen LogP contribution in [0.4, 0.5) is 11.4 Å². The molecule has 0 aromatic heterocycles. The number of nitrogens with one attached hydrogen (secondary N) is 1. The van der Waals surface area contributed by atoms with E-state index < -0.39 is 10.9 Å². The number of nitro groups is 1. The van der Waals surface area contributed by atoms with Gasteiger partial charge in [0.2, 0.25) is 0 Å². The Morgan fingerprint density at radius 2 is 1.80 bits per heavy atom. The van der Waals surface area contributed by atoms with Crippen molar-refractivity contribution < 1.29 is 19.2 Å². The lowest BCUT2D eigenvalue weighted by Crippen LogP contribution is -2.03. The SMILES string of the molecule is CC(=O)Oc1cc(Oc2ccc(CNc3cccc([N+](=O)[O-])c3C)cc2)ccc1Cl. The molecule has 30 heavy (non-hydrogen) atoms. The average Bonchev–Trinajstić information content (AvgIpc) is 2.70. The molecule has 0 saturated heterocycles. The molecule has 3 rings (SSSR count). The molecule has 0 fully saturated rings. The quantitative estimate of drug-likeness (QED) is 0.219. The normalized spacial score (nSPS) is 10.4. The molecule has 1 N–H and O–H groups in total. The van der Waals surface area contributed by atoms with Gasteiger partial charge in [-0.05, 0) is 42.8 Å². The van der Waals surface area contributed by atoms with Crippen molar-refractivity contribution in [3.05, 3.63) is 86.9 Å². The first-order valence-electron chi connectivity index (χ1n) is 9.06. The Hall–Kier alpha value is -3.58. The Bertz CT molecular complexity index is 1080. The highest BCUT2D eigenvalue weighted by atomic mass is 35.5. The highest BCUT2D eigenvalue weighted by Gasteiger charge is 2.13. The molecule has 0 unspecified atom stereocenters. The number of carbonyl (C=O) groups excluding carboxylic acids is 1. The lowest BCUT2D eigenvalue weighted by atomic mass is 10.1. The van der Waals surface area contributed by atoms with Crippen molar-refractivity contribution in [3.8, 4) is 17.2 Å². The number of rotatable bonds is 7. The van der Waals surface area contributed by atoms with Crippen LogP contribution in [-0.2, 0) is 11.3 Å². The Balaban J connectivity index is 1.65. The third-order valence-electron chi connectivity index (χ3n) is 4.30. The Labute approximate surface area is 178 Å². The van der Waals surface area contributed by atoms with Gasteiger partial charge in [0.05, 0.1) is 9.95 Å². The Morgan fingerprint density at radius 3 is 2.47 bits per heavy atom. The van der Waals surface area contributed by atoms with E-state index in [4.69, 9.17) is 21.1 Å². The van der Waals surface area contributed by atoms with Gasteiger partial charge in [-0.15, -0.1) is 0 Å². The monoisotopic (exact) mass is 426 g/mol. The Morgan fingerprint density at radius 1 is 1.10 bits per heavy atom. The summed E-state index contributed by atoms with van der Waals surface area (Å²) in [4.78, 5) is 21.8. The van der Waals surface area contributed by atoms with Crippen molar-refractivity contribution in [3.63, 3.8) is 0 Å². The van der Waals surface area contributed by atoms with E-state index in [2.05, 4.69) is 5.32 Å². The number of carbonyl (C=O) groups is 1. The van der Waals surface area contributed by atoms with Crippen LogP contribution in [0.15, 0.2) is 60.7 Å². The highest BCUT2D eigenvalue weighted by Crippen LogP contribution is 2.32. The van der Waals surface area contributed by atoms with Crippen LogP contribution >= 0.6 is 11.6 Å². The summed E-state index contributed by atoms with van der Waals surface area (Å²) < 4.78 is 10.8. The summed E-state index contributed by atoms with van der Waals surface area (Å²) in [6.45, 7) is 3.51. The highest BCUT2D eigenvalue weighted by molar-refractivity contribution is 6.32. The van der Waals surface area contributed by atoms with E-state index in [0.717, 1.165) is 5.56 Å². The standard InChI is InChI=1S/C22H19ClN2O5/c1-14-20(4-3-5-21(14)25(27)28)24-13-16-6-8-17(9-7-16)30-18-10-11-19(23)22(12-18)29-15(2)26/h3-12,24H,13H2,1-2H3. The van der Waals surface area contributed by atoms with Gasteiger partial charge in [-0.25, -0.2) is 0 Å². The van der Waals surface area contributed by atoms with E-state index >= 15 is 0 Å². The minimum absolute atomic E-state index is 0.0832. The van der Waals surface area contributed by atoms with Gasteiger partial charge >= 0.3 is 5.97 Å². The molecule has 3 aromatic rings. The number of anilines is 1. The molecule has 0 atom stereocenters. The third kappa shape index (κ3) is 5.27. The van der Waals surface area contributed by atoms with Crippen molar-refractivity contribution in [2.75, 3.05) is 5.32 Å². The fourth-order valence-corrected chi connectivity index (χ4v) is 2.96. The number of esters is 1. The number of nitrogens with zero attached hydrogens (tertiary/aromatic N) is 1. The molecule has 3 aromatic carbocycles. The van der Waals surface area contributed by atoms with Crippen molar-refractivity contribution in [2.24, 2.45) is 0 Å². The van der Waals surface area contributed by atoms with E-state index in [1.54, 1.807) is 49.4 Å². The van der Waals surface area contributed by atoms with E-state index in [1.807, 2.05) is 12.1 Å². The zero-order chi connectivity index (χ0) is 21.7. The number of halogens is 1. The number of hydrogen-bond acceptors (Lipinski definition) is 6. The number of benzene rings is 3. The summed E-state index contributed by atoms with van der Waals surface area (Å²) in [5.74, 6) is 0.842. The molecule has 0 amide bonds. The molecule has 0 spiro atoms. The predicted molar refractivity (Wildman–Crippen MR) is 114 cm³/mol. The fourth-order valence-electron chi connectivity index (χ4n) is 2.80. The van der Waals surface area contributed by atoms with Gasteiger partial charge in [-0.1, -0.05) is 29.8 Å². The largest absolute Gasteiger partial charge is 0.457 e. The minimum Gasteiger partial charge on any atom is -0.457 e. The van der Waals surface area contributed by atoms with Gasteiger partial charge in [0.1, 0.15) is 11.5 Å². The van der Waals surface area contributed by atoms with Crippen LogP contribution in [0.5, 0.6) is 17.2 Å². The lowest BCUT2D eigenvalue weighted by Gasteiger charge is -2.11. The first-order valence-corrected chi connectivity index (χ1v) is 9.44. The molecule has 0 aliphatic heterocycles. The third-order valence-corrected chi connectivity index (χ3v) is 4.61. The number of ether oxygens (including phenoxy) is 2. The summed E-state index contributed by atoms with van der Waals surface area (Å²) in [6.07, 6.45) is 0. The van der Waals surface area contributed by atoms with Gasteiger partial charge in [-0.2, -0.15) is 0 Å². The van der Waals surface area contributed by atoms with Crippen molar-refractivity contribution >= 4 is 28.9 Å². The second-order valence-corrected chi connectivity index (χ2v) is 6.90. The lowest BCUT2D eigenvalue weighted by molar-refractivity contribution is -0.385. The summed E-state index contributed by atoms with van der Waals surface area (Å²) in [6, 6.07) is 17.1. The van der Waals surface area contributed by atoms with Crippen molar-refractivity contribution in [1.29, 1.82) is 0 Å². The summed E-state index contributed by atoms with van der Waals surface area (Å²) >= 11 is 6.01. The van der Waals surface area contributed by atoms with Crippen LogP contribution in [0, 0.1) is 17.0 Å². The summed E-state index contributed by atoms with van der Waals surface area (Å²) in [7, 11) is 0. The Kier molecular flexibility index (Phi) is 6.54.